The van der Waals surface area contributed by atoms with Gasteiger partial charge in [-0.3, -0.25) is 0 Å². The van der Waals surface area contributed by atoms with Gasteiger partial charge in [0.25, 0.3) is 0 Å². The van der Waals surface area contributed by atoms with Gasteiger partial charge in [0.05, 0.1) is 4.90 Å². The number of rotatable bonds is 5. The molecule has 0 fully saturated rings. The molecule has 5 heteroatoms. The molecule has 3 rings (SSSR count). The van der Waals surface area contributed by atoms with Crippen LogP contribution < -0.4 is 0 Å². The predicted molar refractivity (Wildman–Crippen MR) is 112 cm³/mol. The van der Waals surface area contributed by atoms with Crippen LogP contribution in [-0.2, 0) is 9.84 Å². The van der Waals surface area contributed by atoms with Crippen molar-refractivity contribution in [2.75, 3.05) is 6.26 Å². The molecule has 1 aromatic heterocycles. The minimum Gasteiger partial charge on any atom is -0.224 e. The molecule has 134 valence electrons. The fourth-order valence-corrected chi connectivity index (χ4v) is 5.12. The van der Waals surface area contributed by atoms with E-state index in [0.29, 0.717) is 9.92 Å². The third kappa shape index (κ3) is 3.63. The second-order valence-electron chi connectivity index (χ2n) is 6.19. The van der Waals surface area contributed by atoms with Gasteiger partial charge in [-0.2, -0.15) is 0 Å². The summed E-state index contributed by atoms with van der Waals surface area (Å²) in [5.74, 6) is 0.157. The number of hydrogen-bond donors (Lipinski definition) is 0. The first-order valence-electron chi connectivity index (χ1n) is 8.12. The van der Waals surface area contributed by atoms with Gasteiger partial charge in [-0.05, 0) is 29.1 Å². The Morgan fingerprint density at radius 3 is 2.35 bits per heavy atom. The molecule has 0 saturated carbocycles. The molecule has 1 unspecified atom stereocenters. The van der Waals surface area contributed by atoms with E-state index < -0.39 is 9.84 Å². The summed E-state index contributed by atoms with van der Waals surface area (Å²) in [6, 6.07) is 14.8. The van der Waals surface area contributed by atoms with Gasteiger partial charge in [0.1, 0.15) is 0 Å². The van der Waals surface area contributed by atoms with Crippen molar-refractivity contribution in [3.8, 4) is 22.3 Å². The van der Waals surface area contributed by atoms with E-state index in [1.807, 2.05) is 47.9 Å². The van der Waals surface area contributed by atoms with E-state index in [1.165, 1.54) is 6.26 Å². The minimum absolute atomic E-state index is 0.157. The molecule has 3 aromatic rings. The number of allylic oxidation sites excluding steroid dienone is 1. The summed E-state index contributed by atoms with van der Waals surface area (Å²) in [6.45, 7) is 6.00. The van der Waals surface area contributed by atoms with Gasteiger partial charge < -0.3 is 0 Å². The van der Waals surface area contributed by atoms with Crippen molar-refractivity contribution in [3.05, 3.63) is 76.5 Å². The molecular weight excluding hydrogens is 384 g/mol. The zero-order chi connectivity index (χ0) is 18.9. The SMILES string of the molecule is C=CC(C)c1scc(-c2ccccc2S(C)(=O)=O)c1-c1ccc(Cl)cc1. The van der Waals surface area contributed by atoms with Crippen molar-refractivity contribution in [2.45, 2.75) is 17.7 Å². The predicted octanol–water partition coefficient (Wildman–Crippen LogP) is 6.43. The first-order valence-corrected chi connectivity index (χ1v) is 11.3. The van der Waals surface area contributed by atoms with Gasteiger partial charge >= 0.3 is 0 Å². The quantitative estimate of drug-likeness (QED) is 0.461. The van der Waals surface area contributed by atoms with Crippen molar-refractivity contribution in [1.82, 2.24) is 0 Å². The maximum absolute atomic E-state index is 12.3. The lowest BCUT2D eigenvalue weighted by molar-refractivity contribution is 0.602. The smallest absolute Gasteiger partial charge is 0.176 e. The Labute approximate surface area is 163 Å². The summed E-state index contributed by atoms with van der Waals surface area (Å²) >= 11 is 7.67. The third-order valence-corrected chi connectivity index (χ3v) is 6.89. The van der Waals surface area contributed by atoms with Crippen molar-refractivity contribution in [2.24, 2.45) is 0 Å². The van der Waals surface area contributed by atoms with Gasteiger partial charge in [-0.15, -0.1) is 17.9 Å². The van der Waals surface area contributed by atoms with E-state index in [0.717, 1.165) is 27.1 Å². The van der Waals surface area contributed by atoms with E-state index in [1.54, 1.807) is 23.5 Å². The molecule has 0 amide bonds. The number of halogens is 1. The third-order valence-electron chi connectivity index (χ3n) is 4.30. The largest absolute Gasteiger partial charge is 0.224 e. The molecule has 0 aliphatic heterocycles. The summed E-state index contributed by atoms with van der Waals surface area (Å²) in [5, 5.41) is 2.70. The van der Waals surface area contributed by atoms with Crippen LogP contribution in [-0.4, -0.2) is 14.7 Å². The molecule has 1 heterocycles. The summed E-state index contributed by atoms with van der Waals surface area (Å²) in [4.78, 5) is 1.49. The molecule has 0 radical (unpaired) electrons. The fraction of sp³-hybridized carbons (Fsp3) is 0.143. The lowest BCUT2D eigenvalue weighted by atomic mass is 9.93. The van der Waals surface area contributed by atoms with Crippen LogP contribution in [0.15, 0.2) is 71.5 Å². The molecule has 0 saturated heterocycles. The second-order valence-corrected chi connectivity index (χ2v) is 9.52. The van der Waals surface area contributed by atoms with E-state index in [2.05, 4.69) is 13.5 Å². The molecule has 0 bridgehead atoms. The highest BCUT2D eigenvalue weighted by Crippen LogP contribution is 2.44. The molecule has 1 atom stereocenters. The van der Waals surface area contributed by atoms with Crippen LogP contribution in [0.5, 0.6) is 0 Å². The summed E-state index contributed by atoms with van der Waals surface area (Å²) in [5.41, 5.74) is 3.69. The maximum atomic E-state index is 12.3. The van der Waals surface area contributed by atoms with E-state index in [-0.39, 0.29) is 5.92 Å². The molecule has 0 spiro atoms. The zero-order valence-electron chi connectivity index (χ0n) is 14.6. The lowest BCUT2D eigenvalue weighted by Crippen LogP contribution is -2.00. The highest BCUT2D eigenvalue weighted by Gasteiger charge is 2.22. The van der Waals surface area contributed by atoms with Gasteiger partial charge in [-0.1, -0.05) is 54.9 Å². The average Bonchev–Trinajstić information content (AvgIpc) is 3.06. The van der Waals surface area contributed by atoms with Crippen LogP contribution in [0.2, 0.25) is 5.02 Å². The minimum atomic E-state index is -3.34. The number of thiophene rings is 1. The van der Waals surface area contributed by atoms with E-state index in [4.69, 9.17) is 11.6 Å². The Kier molecular flexibility index (Phi) is 5.37. The molecule has 0 N–H and O–H groups in total. The number of hydrogen-bond acceptors (Lipinski definition) is 3. The Morgan fingerprint density at radius 1 is 1.08 bits per heavy atom. The lowest BCUT2D eigenvalue weighted by Gasteiger charge is -2.13. The Balaban J connectivity index is 2.33. The number of sulfone groups is 1. The van der Waals surface area contributed by atoms with Crippen molar-refractivity contribution >= 4 is 32.8 Å². The normalized spacial score (nSPS) is 12.7. The number of benzene rings is 2. The first-order chi connectivity index (χ1) is 12.3. The summed E-state index contributed by atoms with van der Waals surface area (Å²) in [6.07, 6.45) is 3.14. The van der Waals surface area contributed by atoms with Crippen LogP contribution in [0.4, 0.5) is 0 Å². The van der Waals surface area contributed by atoms with Gasteiger partial charge in [0.2, 0.25) is 0 Å². The zero-order valence-corrected chi connectivity index (χ0v) is 17.0. The molecule has 0 aliphatic carbocycles. The Hall–Kier alpha value is -1.88. The van der Waals surface area contributed by atoms with Crippen molar-refractivity contribution in [1.29, 1.82) is 0 Å². The van der Waals surface area contributed by atoms with E-state index in [9.17, 15) is 8.42 Å². The molecule has 26 heavy (non-hydrogen) atoms. The standard InChI is InChI=1S/C21H19ClO2S2/c1-4-14(2)21-20(15-9-11-16(22)12-10-15)18(13-25-21)17-7-5-6-8-19(17)26(3,23)24/h4-14H,1H2,2-3H3. The van der Waals surface area contributed by atoms with Crippen LogP contribution in [0.3, 0.4) is 0 Å². The topological polar surface area (TPSA) is 34.1 Å². The van der Waals surface area contributed by atoms with Crippen LogP contribution in [0.25, 0.3) is 22.3 Å². The second kappa shape index (κ2) is 7.39. The van der Waals surface area contributed by atoms with E-state index >= 15 is 0 Å². The average molecular weight is 403 g/mol. The highest BCUT2D eigenvalue weighted by atomic mass is 35.5. The Morgan fingerprint density at radius 2 is 1.73 bits per heavy atom. The van der Waals surface area contributed by atoms with Crippen LogP contribution in [0, 0.1) is 0 Å². The Bertz CT molecular complexity index is 1050. The molecule has 2 nitrogen and oxygen atoms in total. The maximum Gasteiger partial charge on any atom is 0.176 e. The van der Waals surface area contributed by atoms with Crippen molar-refractivity contribution < 1.29 is 8.42 Å². The summed E-state index contributed by atoms with van der Waals surface area (Å²) < 4.78 is 24.6. The highest BCUT2D eigenvalue weighted by molar-refractivity contribution is 7.90. The molecule has 2 aromatic carbocycles. The molecular formula is C21H19ClO2S2. The van der Waals surface area contributed by atoms with Crippen LogP contribution >= 0.6 is 22.9 Å². The van der Waals surface area contributed by atoms with Gasteiger partial charge in [0, 0.05) is 38.8 Å². The fourth-order valence-electron chi connectivity index (χ4n) is 2.94. The monoisotopic (exact) mass is 402 g/mol. The van der Waals surface area contributed by atoms with Gasteiger partial charge in [0.15, 0.2) is 9.84 Å². The first kappa shape index (κ1) is 18.9. The van der Waals surface area contributed by atoms with Crippen molar-refractivity contribution in [3.63, 3.8) is 0 Å². The van der Waals surface area contributed by atoms with Crippen LogP contribution in [0.1, 0.15) is 17.7 Å². The summed E-state index contributed by atoms with van der Waals surface area (Å²) in [7, 11) is -3.34. The van der Waals surface area contributed by atoms with Gasteiger partial charge in [-0.25, -0.2) is 8.42 Å². The molecule has 0 aliphatic rings.